The van der Waals surface area contributed by atoms with Gasteiger partial charge in [-0.1, -0.05) is 27.7 Å². The topological polar surface area (TPSA) is 38.7 Å². The smallest absolute Gasteiger partial charge is 0.171 e. The van der Waals surface area contributed by atoms with E-state index >= 15 is 0 Å². The van der Waals surface area contributed by atoms with Crippen molar-refractivity contribution in [3.63, 3.8) is 0 Å². The van der Waals surface area contributed by atoms with Gasteiger partial charge in [0.2, 0.25) is 0 Å². The van der Waals surface area contributed by atoms with Crippen LogP contribution in [0.2, 0.25) is 0 Å². The fourth-order valence-corrected chi connectivity index (χ4v) is 10.3. The Bertz CT molecular complexity index is 684. The lowest BCUT2D eigenvalue weighted by Crippen LogP contribution is -2.55. The molecule has 1 spiro atoms. The molecule has 2 saturated heterocycles. The largest absolute Gasteiger partial charge is 0.393 e. The second kappa shape index (κ2) is 6.70. The molecule has 0 bridgehead atoms. The average Bonchev–Trinajstić information content (AvgIpc) is 3.16. The highest BCUT2D eigenvalue weighted by molar-refractivity contribution is 5.15. The van der Waals surface area contributed by atoms with Crippen LogP contribution in [0.4, 0.5) is 0 Å². The third-order valence-corrected chi connectivity index (χ3v) is 11.9. The maximum Gasteiger partial charge on any atom is 0.171 e. The van der Waals surface area contributed by atoms with Crippen molar-refractivity contribution in [2.75, 3.05) is 6.61 Å². The van der Waals surface area contributed by atoms with Gasteiger partial charge < -0.3 is 14.6 Å². The molecule has 30 heavy (non-hydrogen) atoms. The Morgan fingerprint density at radius 3 is 2.40 bits per heavy atom. The Kier molecular flexibility index (Phi) is 4.58. The van der Waals surface area contributed by atoms with Gasteiger partial charge in [0, 0.05) is 12.3 Å². The van der Waals surface area contributed by atoms with Gasteiger partial charge in [-0.3, -0.25) is 0 Å². The molecule has 4 aliphatic carbocycles. The van der Waals surface area contributed by atoms with E-state index < -0.39 is 0 Å². The summed E-state index contributed by atoms with van der Waals surface area (Å²) in [5.74, 6) is 4.93. The van der Waals surface area contributed by atoms with Crippen molar-refractivity contribution in [1.29, 1.82) is 0 Å². The van der Waals surface area contributed by atoms with Crippen LogP contribution in [-0.4, -0.2) is 29.7 Å². The summed E-state index contributed by atoms with van der Waals surface area (Å²) in [5, 5.41) is 10.3. The molecule has 6 rings (SSSR count). The first-order valence-electron chi connectivity index (χ1n) is 13.3. The lowest BCUT2D eigenvalue weighted by Gasteiger charge is -2.61. The summed E-state index contributed by atoms with van der Waals surface area (Å²) >= 11 is 0. The summed E-state index contributed by atoms with van der Waals surface area (Å²) in [7, 11) is 0. The molecule has 0 aromatic heterocycles. The van der Waals surface area contributed by atoms with Gasteiger partial charge in [-0.15, -0.1) is 0 Å². The van der Waals surface area contributed by atoms with E-state index in [-0.39, 0.29) is 11.9 Å². The molecule has 3 nitrogen and oxygen atoms in total. The zero-order valence-electron chi connectivity index (χ0n) is 19.7. The summed E-state index contributed by atoms with van der Waals surface area (Å²) in [5.41, 5.74) is 0.899. The quantitative estimate of drug-likeness (QED) is 0.543. The molecule has 6 aliphatic rings. The predicted octanol–water partition coefficient (Wildman–Crippen LogP) is 5.79. The first-order chi connectivity index (χ1) is 14.3. The van der Waals surface area contributed by atoms with Crippen LogP contribution in [0.5, 0.6) is 0 Å². The van der Waals surface area contributed by atoms with E-state index in [1.165, 1.54) is 44.9 Å². The van der Waals surface area contributed by atoms with Gasteiger partial charge in [0.15, 0.2) is 5.79 Å². The SMILES string of the molecule is CC1CCC2(OC1)OC1CC3C4CC[C@H]5CC(O)CC[C@]5(C)C4CC[C@]3(C)C1[C@@H]2C. The highest BCUT2D eigenvalue weighted by atomic mass is 16.7. The van der Waals surface area contributed by atoms with Crippen molar-refractivity contribution in [3.8, 4) is 0 Å². The minimum atomic E-state index is -0.282. The number of hydrogen-bond donors (Lipinski definition) is 1. The Hall–Kier alpha value is -0.120. The van der Waals surface area contributed by atoms with Gasteiger partial charge in [-0.05, 0) is 104 Å². The third kappa shape index (κ3) is 2.61. The Morgan fingerprint density at radius 1 is 0.833 bits per heavy atom. The number of aliphatic hydroxyl groups excluding tert-OH is 1. The molecule has 2 aliphatic heterocycles. The number of ether oxygens (including phenoxy) is 2. The van der Waals surface area contributed by atoms with Crippen molar-refractivity contribution in [3.05, 3.63) is 0 Å². The van der Waals surface area contributed by atoms with Gasteiger partial charge in [-0.2, -0.15) is 0 Å². The highest BCUT2D eigenvalue weighted by Crippen LogP contribution is 2.71. The molecule has 1 N–H and O–H groups in total. The van der Waals surface area contributed by atoms with E-state index in [2.05, 4.69) is 27.7 Å². The van der Waals surface area contributed by atoms with E-state index in [4.69, 9.17) is 9.47 Å². The predicted molar refractivity (Wildman–Crippen MR) is 118 cm³/mol. The van der Waals surface area contributed by atoms with Crippen LogP contribution >= 0.6 is 0 Å². The van der Waals surface area contributed by atoms with Gasteiger partial charge in [0.05, 0.1) is 18.8 Å². The van der Waals surface area contributed by atoms with E-state index in [9.17, 15) is 5.11 Å². The average molecular weight is 417 g/mol. The molecule has 170 valence electrons. The number of aliphatic hydroxyl groups is 1. The fraction of sp³-hybridized carbons (Fsp3) is 1.00. The zero-order chi connectivity index (χ0) is 20.9. The van der Waals surface area contributed by atoms with E-state index in [1.807, 2.05) is 0 Å². The van der Waals surface area contributed by atoms with E-state index in [0.717, 1.165) is 49.5 Å². The van der Waals surface area contributed by atoms with Gasteiger partial charge in [0.25, 0.3) is 0 Å². The van der Waals surface area contributed by atoms with Crippen molar-refractivity contribution in [2.24, 2.45) is 52.3 Å². The molecule has 0 aromatic carbocycles. The molecule has 0 radical (unpaired) electrons. The van der Waals surface area contributed by atoms with Crippen LogP contribution in [0.1, 0.15) is 91.9 Å². The lowest BCUT2D eigenvalue weighted by molar-refractivity contribution is -0.273. The molecule has 12 atom stereocenters. The zero-order valence-corrected chi connectivity index (χ0v) is 19.7. The van der Waals surface area contributed by atoms with Gasteiger partial charge in [-0.25, -0.2) is 0 Å². The second-order valence-electron chi connectivity index (χ2n) is 13.1. The molecular formula is C27H44O3. The molecule has 2 heterocycles. The van der Waals surface area contributed by atoms with Crippen molar-refractivity contribution in [1.82, 2.24) is 0 Å². The summed E-state index contributed by atoms with van der Waals surface area (Å²) in [6.45, 7) is 10.9. The minimum Gasteiger partial charge on any atom is -0.393 e. The van der Waals surface area contributed by atoms with Crippen LogP contribution < -0.4 is 0 Å². The van der Waals surface area contributed by atoms with Crippen LogP contribution in [-0.2, 0) is 9.47 Å². The fourth-order valence-electron chi connectivity index (χ4n) is 10.3. The minimum absolute atomic E-state index is 0.0389. The molecule has 3 heteroatoms. The Labute approximate surface area is 183 Å². The maximum atomic E-state index is 10.3. The highest BCUT2D eigenvalue weighted by Gasteiger charge is 2.69. The van der Waals surface area contributed by atoms with Crippen LogP contribution in [0, 0.1) is 52.3 Å². The molecule has 4 saturated carbocycles. The molecular weight excluding hydrogens is 372 g/mol. The van der Waals surface area contributed by atoms with Gasteiger partial charge in [0.1, 0.15) is 0 Å². The first kappa shape index (κ1) is 20.5. The van der Waals surface area contributed by atoms with Crippen LogP contribution in [0.15, 0.2) is 0 Å². The number of fused-ring (bicyclic) bond motifs is 7. The summed E-state index contributed by atoms with van der Waals surface area (Å²) < 4.78 is 13.4. The Morgan fingerprint density at radius 2 is 1.63 bits per heavy atom. The van der Waals surface area contributed by atoms with Crippen molar-refractivity contribution in [2.45, 2.75) is 110 Å². The monoisotopic (exact) mass is 416 g/mol. The summed E-state index contributed by atoms with van der Waals surface area (Å²) in [6, 6.07) is 0. The van der Waals surface area contributed by atoms with E-state index in [1.54, 1.807) is 0 Å². The van der Waals surface area contributed by atoms with Gasteiger partial charge >= 0.3 is 0 Å². The lowest BCUT2D eigenvalue weighted by atomic mass is 9.44. The first-order valence-corrected chi connectivity index (χ1v) is 13.3. The number of hydrogen-bond acceptors (Lipinski definition) is 3. The number of rotatable bonds is 0. The second-order valence-corrected chi connectivity index (χ2v) is 13.1. The van der Waals surface area contributed by atoms with Crippen molar-refractivity contribution >= 4 is 0 Å². The van der Waals surface area contributed by atoms with E-state index in [0.29, 0.717) is 34.7 Å². The molecule has 8 unspecified atom stereocenters. The molecule has 0 aromatic rings. The Balaban J connectivity index is 1.26. The molecule has 6 fully saturated rings. The standard InChI is InChI=1S/C27H44O3/c1-16-7-12-27(29-15-16)17(2)24-23(30-27)14-22-20-6-5-18-13-19(28)8-10-25(18,3)21(20)9-11-26(22,24)4/h16-24,28H,5-15H2,1-4H3/t16?,17-,18-,19?,20?,21?,22?,23?,24?,25-,26-,27?/m0/s1. The maximum absolute atomic E-state index is 10.3. The van der Waals surface area contributed by atoms with Crippen LogP contribution in [0.25, 0.3) is 0 Å². The third-order valence-electron chi connectivity index (χ3n) is 11.9. The van der Waals surface area contributed by atoms with Crippen molar-refractivity contribution < 1.29 is 14.6 Å². The summed E-state index contributed by atoms with van der Waals surface area (Å²) in [6.07, 6.45) is 12.9. The normalized spacial score (nSPS) is 62.5. The molecule has 0 amide bonds. The summed E-state index contributed by atoms with van der Waals surface area (Å²) in [4.78, 5) is 0. The van der Waals surface area contributed by atoms with Crippen LogP contribution in [0.3, 0.4) is 0 Å².